The number of thiol groups is 1. The van der Waals surface area contributed by atoms with Crippen molar-refractivity contribution in [3.63, 3.8) is 0 Å². The van der Waals surface area contributed by atoms with Gasteiger partial charge in [-0.25, -0.2) is 0 Å². The van der Waals surface area contributed by atoms with E-state index >= 15 is 0 Å². The lowest BCUT2D eigenvalue weighted by Crippen LogP contribution is -1.79. The Morgan fingerprint density at radius 1 is 0.560 bits per heavy atom. The molecule has 0 heterocycles. The van der Waals surface area contributed by atoms with Crippen molar-refractivity contribution >= 4 is 12.6 Å². The summed E-state index contributed by atoms with van der Waals surface area (Å²) in [4.78, 5) is 0. The van der Waals surface area contributed by atoms with Gasteiger partial charge in [-0.15, -0.1) is 12.6 Å². The highest BCUT2D eigenvalue weighted by Gasteiger charge is 1.76. The molecule has 0 radical (unpaired) electrons. The summed E-state index contributed by atoms with van der Waals surface area (Å²) in [6, 6.07) is 26.1. The van der Waals surface area contributed by atoms with Gasteiger partial charge in [0.15, 0.2) is 0 Å². The Morgan fingerprint density at radius 2 is 0.720 bits per heavy atom. The number of phenolic OH excluding ortho intramolecular Hbond substituents is 3. The normalized spacial score (nSPS) is 9.72. The van der Waals surface area contributed by atoms with Gasteiger partial charge in [-0.3, -0.25) is 0 Å². The second-order valence-electron chi connectivity index (χ2n) is 4.64. The average molecular weight is 360 g/mol. The van der Waals surface area contributed by atoms with E-state index in [4.69, 9.17) is 20.4 Å². The van der Waals surface area contributed by atoms with Gasteiger partial charge in [0.2, 0.25) is 0 Å². The third-order valence-corrected chi connectivity index (χ3v) is 2.27. The molecule has 25 heavy (non-hydrogen) atoms. The maximum absolute atomic E-state index is 8.63. The SMILES string of the molecule is CC(O)S.Oc1ccccc1.Oc1ccccc1.Oc1ccccc1. The minimum absolute atomic E-state index is 0.322. The summed E-state index contributed by atoms with van der Waals surface area (Å²) in [6.07, 6.45) is 0. The molecule has 4 nitrogen and oxygen atoms in total. The second kappa shape index (κ2) is 14.9. The van der Waals surface area contributed by atoms with E-state index in [1.807, 2.05) is 18.2 Å². The fraction of sp³-hybridized carbons (Fsp3) is 0.100. The summed E-state index contributed by atoms with van der Waals surface area (Å²) < 4.78 is 0. The number of hydrogen-bond acceptors (Lipinski definition) is 5. The van der Waals surface area contributed by atoms with Gasteiger partial charge in [0.1, 0.15) is 17.2 Å². The van der Waals surface area contributed by atoms with Gasteiger partial charge in [0.25, 0.3) is 0 Å². The van der Waals surface area contributed by atoms with Crippen LogP contribution >= 0.6 is 12.6 Å². The van der Waals surface area contributed by atoms with Crippen molar-refractivity contribution in [1.29, 1.82) is 0 Å². The third-order valence-electron chi connectivity index (χ3n) is 2.27. The molecular formula is C20H24O4S. The highest BCUT2D eigenvalue weighted by Crippen LogP contribution is 2.04. The first-order valence-corrected chi connectivity index (χ1v) is 8.01. The molecule has 134 valence electrons. The summed E-state index contributed by atoms with van der Waals surface area (Å²) in [5, 5.41) is 33.8. The standard InChI is InChI=1S/3C6H6O.C2H6OS/c3*7-6-4-2-1-3-5-6;1-2(3)4/h3*1-5,7H;2-4H,1H3. The minimum atomic E-state index is -0.472. The van der Waals surface area contributed by atoms with Crippen LogP contribution in [-0.4, -0.2) is 25.9 Å². The van der Waals surface area contributed by atoms with Crippen molar-refractivity contribution in [3.05, 3.63) is 91.0 Å². The number of benzene rings is 3. The molecule has 0 bridgehead atoms. The summed E-state index contributed by atoms with van der Waals surface area (Å²) in [7, 11) is 0. The monoisotopic (exact) mass is 360 g/mol. The first-order chi connectivity index (χ1) is 11.9. The third kappa shape index (κ3) is 17.6. The van der Waals surface area contributed by atoms with Crippen LogP contribution in [0.1, 0.15) is 6.92 Å². The van der Waals surface area contributed by atoms with E-state index in [1.165, 1.54) is 0 Å². The van der Waals surface area contributed by atoms with E-state index < -0.39 is 5.44 Å². The quantitative estimate of drug-likeness (QED) is 0.303. The average Bonchev–Trinajstić information content (AvgIpc) is 2.58. The van der Waals surface area contributed by atoms with Crippen LogP contribution in [0, 0.1) is 0 Å². The van der Waals surface area contributed by atoms with Crippen LogP contribution in [0.4, 0.5) is 0 Å². The molecule has 3 aromatic carbocycles. The van der Waals surface area contributed by atoms with Crippen molar-refractivity contribution in [2.24, 2.45) is 0 Å². The zero-order valence-corrected chi connectivity index (χ0v) is 14.9. The van der Waals surface area contributed by atoms with Crippen LogP contribution in [0.15, 0.2) is 91.0 Å². The lowest BCUT2D eigenvalue weighted by molar-refractivity contribution is 0.286. The molecule has 1 atom stereocenters. The minimum Gasteiger partial charge on any atom is -0.508 e. The van der Waals surface area contributed by atoms with Crippen LogP contribution in [-0.2, 0) is 0 Å². The molecular weight excluding hydrogens is 336 g/mol. The summed E-state index contributed by atoms with van der Waals surface area (Å²) >= 11 is 3.52. The summed E-state index contributed by atoms with van der Waals surface area (Å²) in [5.41, 5.74) is -0.472. The molecule has 0 aromatic heterocycles. The van der Waals surface area contributed by atoms with Gasteiger partial charge in [-0.1, -0.05) is 54.6 Å². The fourth-order valence-corrected chi connectivity index (χ4v) is 1.28. The largest absolute Gasteiger partial charge is 0.508 e. The zero-order valence-electron chi connectivity index (χ0n) is 14.0. The van der Waals surface area contributed by atoms with Crippen LogP contribution in [0.2, 0.25) is 0 Å². The molecule has 3 aromatic rings. The molecule has 3 rings (SSSR count). The van der Waals surface area contributed by atoms with Crippen molar-refractivity contribution in [2.45, 2.75) is 12.4 Å². The molecule has 0 fully saturated rings. The Morgan fingerprint density at radius 3 is 0.800 bits per heavy atom. The first-order valence-electron chi connectivity index (χ1n) is 7.50. The van der Waals surface area contributed by atoms with E-state index in [9.17, 15) is 0 Å². The fourth-order valence-electron chi connectivity index (χ4n) is 1.28. The Balaban J connectivity index is 0.000000314. The Hall–Kier alpha value is -2.63. The highest BCUT2D eigenvalue weighted by molar-refractivity contribution is 7.80. The van der Waals surface area contributed by atoms with Crippen LogP contribution in [0.25, 0.3) is 0 Å². The molecule has 0 aliphatic carbocycles. The predicted molar refractivity (Wildman–Crippen MR) is 105 cm³/mol. The molecule has 0 amide bonds. The molecule has 1 unspecified atom stereocenters. The van der Waals surface area contributed by atoms with Gasteiger partial charge in [0.05, 0.1) is 5.44 Å². The summed E-state index contributed by atoms with van der Waals surface area (Å²) in [6.45, 7) is 1.59. The smallest absolute Gasteiger partial charge is 0.115 e. The predicted octanol–water partition coefficient (Wildman–Crippen LogP) is 4.43. The van der Waals surface area contributed by atoms with Crippen molar-refractivity contribution in [3.8, 4) is 17.2 Å². The van der Waals surface area contributed by atoms with Gasteiger partial charge >= 0.3 is 0 Å². The molecule has 0 spiro atoms. The van der Waals surface area contributed by atoms with E-state index in [1.54, 1.807) is 79.7 Å². The number of aliphatic hydroxyl groups is 1. The maximum atomic E-state index is 8.63. The molecule has 4 N–H and O–H groups in total. The number of para-hydroxylation sites is 3. The lowest BCUT2D eigenvalue weighted by Gasteiger charge is -1.82. The van der Waals surface area contributed by atoms with E-state index in [0.29, 0.717) is 17.2 Å². The van der Waals surface area contributed by atoms with Crippen LogP contribution in [0.3, 0.4) is 0 Å². The summed E-state index contributed by atoms with van der Waals surface area (Å²) in [5.74, 6) is 0.965. The van der Waals surface area contributed by atoms with Crippen molar-refractivity contribution < 1.29 is 20.4 Å². The van der Waals surface area contributed by atoms with Gasteiger partial charge in [-0.2, -0.15) is 0 Å². The number of rotatable bonds is 0. The number of hydrogen-bond donors (Lipinski definition) is 5. The van der Waals surface area contributed by atoms with Crippen molar-refractivity contribution in [1.82, 2.24) is 0 Å². The Kier molecular flexibility index (Phi) is 13.4. The second-order valence-corrected chi connectivity index (χ2v) is 5.39. The van der Waals surface area contributed by atoms with Gasteiger partial charge in [-0.05, 0) is 43.3 Å². The zero-order chi connectivity index (χ0) is 18.9. The van der Waals surface area contributed by atoms with E-state index in [-0.39, 0.29) is 0 Å². The maximum Gasteiger partial charge on any atom is 0.115 e. The number of aliphatic hydroxyl groups excluding tert-OH is 1. The Labute approximate surface area is 154 Å². The number of aromatic hydroxyl groups is 3. The van der Waals surface area contributed by atoms with E-state index in [0.717, 1.165) is 0 Å². The highest BCUT2D eigenvalue weighted by atomic mass is 32.1. The van der Waals surface area contributed by atoms with E-state index in [2.05, 4.69) is 12.6 Å². The number of phenols is 3. The van der Waals surface area contributed by atoms with Gasteiger partial charge in [0, 0.05) is 0 Å². The molecule has 0 aliphatic rings. The molecule has 5 heteroatoms. The van der Waals surface area contributed by atoms with Gasteiger partial charge < -0.3 is 20.4 Å². The molecule has 0 saturated heterocycles. The van der Waals surface area contributed by atoms with Crippen LogP contribution in [0.5, 0.6) is 17.2 Å². The molecule has 0 aliphatic heterocycles. The Bertz CT molecular complexity index is 540. The molecule has 0 saturated carbocycles. The first kappa shape index (κ1) is 22.4. The van der Waals surface area contributed by atoms with Crippen LogP contribution < -0.4 is 0 Å². The van der Waals surface area contributed by atoms with Crippen molar-refractivity contribution in [2.75, 3.05) is 0 Å². The topological polar surface area (TPSA) is 80.9 Å². The lowest BCUT2D eigenvalue weighted by atomic mass is 10.3.